The van der Waals surface area contributed by atoms with Crippen molar-refractivity contribution in [2.24, 2.45) is 11.8 Å². The maximum absolute atomic E-state index is 9.16. The van der Waals surface area contributed by atoms with Crippen LogP contribution in [-0.4, -0.2) is 5.11 Å². The Hall–Kier alpha value is -2.54. The van der Waals surface area contributed by atoms with Crippen LogP contribution in [0, 0.1) is 11.8 Å². The van der Waals surface area contributed by atoms with Crippen molar-refractivity contribution in [3.8, 4) is 0 Å². The molecule has 0 aromatic heterocycles. The second kappa shape index (κ2) is 12.8. The zero-order valence-corrected chi connectivity index (χ0v) is 18.4. The summed E-state index contributed by atoms with van der Waals surface area (Å²) in [6.07, 6.45) is 12.5. The van der Waals surface area contributed by atoms with Crippen LogP contribution in [0.4, 0.5) is 0 Å². The Morgan fingerprint density at radius 2 is 1.36 bits per heavy atom. The van der Waals surface area contributed by atoms with E-state index in [-0.39, 0.29) is 5.76 Å². The highest BCUT2D eigenvalue weighted by Crippen LogP contribution is 2.26. The summed E-state index contributed by atoms with van der Waals surface area (Å²) in [5, 5.41) is 9.16. The van der Waals surface area contributed by atoms with Crippen LogP contribution in [0.3, 0.4) is 0 Å². The van der Waals surface area contributed by atoms with Gasteiger partial charge in [-0.1, -0.05) is 101 Å². The highest BCUT2D eigenvalue weighted by atomic mass is 16.3. The Bertz CT molecular complexity index is 721. The fraction of sp³-hybridized carbons (Fsp3) is 0.333. The van der Waals surface area contributed by atoms with E-state index in [2.05, 4.69) is 78.5 Å². The van der Waals surface area contributed by atoms with Gasteiger partial charge in [-0.3, -0.25) is 0 Å². The predicted molar refractivity (Wildman–Crippen MR) is 127 cm³/mol. The molecule has 0 bridgehead atoms. The van der Waals surface area contributed by atoms with Gasteiger partial charge in [0.1, 0.15) is 5.76 Å². The van der Waals surface area contributed by atoms with Crippen LogP contribution >= 0.6 is 0 Å². The molecule has 1 nitrogen and oxygen atoms in total. The topological polar surface area (TPSA) is 20.2 Å². The molecule has 0 saturated carbocycles. The summed E-state index contributed by atoms with van der Waals surface area (Å²) < 4.78 is 0. The summed E-state index contributed by atoms with van der Waals surface area (Å²) in [6.45, 7) is 32.4. The molecule has 0 radical (unpaired) electrons. The van der Waals surface area contributed by atoms with Crippen molar-refractivity contribution in [1.29, 1.82) is 0 Å². The molecule has 0 saturated heterocycles. The third kappa shape index (κ3) is 9.97. The highest BCUT2D eigenvalue weighted by Gasteiger charge is 2.11. The minimum absolute atomic E-state index is 0.00169. The van der Waals surface area contributed by atoms with Gasteiger partial charge < -0.3 is 5.11 Å². The zero-order valence-electron chi connectivity index (χ0n) is 18.4. The summed E-state index contributed by atoms with van der Waals surface area (Å²) in [7, 11) is 0. The Labute approximate surface area is 173 Å². The van der Waals surface area contributed by atoms with Gasteiger partial charge in [0.05, 0.1) is 0 Å². The normalized spacial score (nSPS) is 14.1. The third-order valence-corrected chi connectivity index (χ3v) is 5.03. The van der Waals surface area contributed by atoms with Gasteiger partial charge in [0.15, 0.2) is 0 Å². The minimum atomic E-state index is -0.00169. The Morgan fingerprint density at radius 3 is 1.86 bits per heavy atom. The molecular weight excluding hydrogens is 340 g/mol. The lowest BCUT2D eigenvalue weighted by Gasteiger charge is -2.17. The molecule has 2 atom stereocenters. The first-order valence-corrected chi connectivity index (χ1v) is 9.85. The number of aliphatic hydroxyl groups excluding tert-OH is 1. The smallest absolute Gasteiger partial charge is 0.108 e. The maximum Gasteiger partial charge on any atom is 0.108 e. The van der Waals surface area contributed by atoms with Gasteiger partial charge in [0.2, 0.25) is 0 Å². The van der Waals surface area contributed by atoms with Crippen LogP contribution in [-0.2, 0) is 0 Å². The molecule has 0 aliphatic carbocycles. The van der Waals surface area contributed by atoms with E-state index in [0.717, 1.165) is 52.7 Å². The molecule has 28 heavy (non-hydrogen) atoms. The van der Waals surface area contributed by atoms with Gasteiger partial charge in [-0.15, -0.1) is 0 Å². The number of hydrogen-bond donors (Lipinski definition) is 1. The van der Waals surface area contributed by atoms with Crippen LogP contribution in [0.1, 0.15) is 47.0 Å². The number of aliphatic hydroxyl groups is 1. The highest BCUT2D eigenvalue weighted by molar-refractivity contribution is 5.50. The van der Waals surface area contributed by atoms with Crippen molar-refractivity contribution in [3.05, 3.63) is 109 Å². The molecule has 2 unspecified atom stereocenters. The monoisotopic (exact) mass is 378 g/mol. The summed E-state index contributed by atoms with van der Waals surface area (Å²) in [5.74, 6) is 0.791. The second-order valence-corrected chi connectivity index (χ2v) is 7.53. The molecule has 0 amide bonds. The first kappa shape index (κ1) is 25.5. The molecule has 0 aliphatic heterocycles. The van der Waals surface area contributed by atoms with Gasteiger partial charge in [-0.05, 0) is 60.8 Å². The van der Waals surface area contributed by atoms with Gasteiger partial charge in [-0.2, -0.15) is 0 Å². The quantitative estimate of drug-likeness (QED) is 0.252. The predicted octanol–water partition coefficient (Wildman–Crippen LogP) is 8.36. The van der Waals surface area contributed by atoms with E-state index < -0.39 is 0 Å². The van der Waals surface area contributed by atoms with E-state index in [9.17, 15) is 0 Å². The number of allylic oxidation sites excluding steroid dienone is 11. The van der Waals surface area contributed by atoms with E-state index >= 15 is 0 Å². The van der Waals surface area contributed by atoms with Gasteiger partial charge >= 0.3 is 0 Å². The Kier molecular flexibility index (Phi) is 11.6. The molecule has 0 heterocycles. The lowest BCUT2D eigenvalue weighted by molar-refractivity contribution is 0.435. The van der Waals surface area contributed by atoms with Crippen molar-refractivity contribution < 1.29 is 5.11 Å². The standard InChI is InChI=1S/C27H38O/c1-11-19(2)12-13-20(3)21(4)14-15-22(5)24(7)18-25(8)27(10)23(6)16-17-26(9)28/h12-13,16-18,21-22,28H,2-3,6-7,9-11,14-15H2,1,4-5,8H3/b13-12-,17-16-,25-18-. The number of hydrogen-bond acceptors (Lipinski definition) is 1. The third-order valence-electron chi connectivity index (χ3n) is 5.03. The van der Waals surface area contributed by atoms with Gasteiger partial charge in [0.25, 0.3) is 0 Å². The van der Waals surface area contributed by atoms with Crippen molar-refractivity contribution >= 4 is 0 Å². The number of rotatable bonds is 13. The maximum atomic E-state index is 9.16. The van der Waals surface area contributed by atoms with E-state index in [1.165, 1.54) is 6.08 Å². The van der Waals surface area contributed by atoms with Crippen LogP contribution in [0.5, 0.6) is 0 Å². The molecule has 0 fully saturated rings. The van der Waals surface area contributed by atoms with Crippen molar-refractivity contribution in [2.45, 2.75) is 47.0 Å². The summed E-state index contributed by atoms with van der Waals surface area (Å²) >= 11 is 0. The fourth-order valence-electron chi connectivity index (χ4n) is 2.44. The fourth-order valence-corrected chi connectivity index (χ4v) is 2.44. The van der Waals surface area contributed by atoms with E-state index in [4.69, 9.17) is 5.11 Å². The molecule has 0 rings (SSSR count). The molecule has 152 valence electrons. The van der Waals surface area contributed by atoms with Crippen LogP contribution in [0.15, 0.2) is 109 Å². The zero-order chi connectivity index (χ0) is 21.9. The SMILES string of the molecule is C=C(O)/C=C\C(=C)C(=C)/C(C)=C\C(=C)C(C)CCC(C)C(=C)/C=C\C(=C)CC. The van der Waals surface area contributed by atoms with Gasteiger partial charge in [0, 0.05) is 0 Å². The molecule has 0 aromatic carbocycles. The molecule has 1 heteroatoms. The lowest BCUT2D eigenvalue weighted by atomic mass is 9.88. The largest absolute Gasteiger partial charge is 0.509 e. The first-order valence-electron chi connectivity index (χ1n) is 9.85. The average Bonchev–Trinajstić information content (AvgIpc) is 2.66. The van der Waals surface area contributed by atoms with Crippen LogP contribution in [0.25, 0.3) is 0 Å². The summed E-state index contributed by atoms with van der Waals surface area (Å²) in [6, 6.07) is 0. The summed E-state index contributed by atoms with van der Waals surface area (Å²) in [4.78, 5) is 0. The van der Waals surface area contributed by atoms with Crippen molar-refractivity contribution in [1.82, 2.24) is 0 Å². The molecule has 1 N–H and O–H groups in total. The van der Waals surface area contributed by atoms with E-state index in [1.807, 2.05) is 6.92 Å². The van der Waals surface area contributed by atoms with E-state index in [1.54, 1.807) is 6.08 Å². The molecule has 0 spiro atoms. The Morgan fingerprint density at radius 1 is 0.821 bits per heavy atom. The van der Waals surface area contributed by atoms with Crippen LogP contribution in [0.2, 0.25) is 0 Å². The lowest BCUT2D eigenvalue weighted by Crippen LogP contribution is -2.03. The average molecular weight is 379 g/mol. The molecule has 0 aromatic rings. The van der Waals surface area contributed by atoms with Crippen molar-refractivity contribution in [3.63, 3.8) is 0 Å². The first-order chi connectivity index (χ1) is 13.0. The molecule has 0 aliphatic rings. The molecular formula is C27H38O. The minimum Gasteiger partial charge on any atom is -0.509 e. The second-order valence-electron chi connectivity index (χ2n) is 7.53. The van der Waals surface area contributed by atoms with E-state index in [0.29, 0.717) is 11.8 Å². The van der Waals surface area contributed by atoms with Crippen LogP contribution < -0.4 is 0 Å². The summed E-state index contributed by atoms with van der Waals surface area (Å²) in [5.41, 5.74) is 5.93. The van der Waals surface area contributed by atoms with Crippen molar-refractivity contribution in [2.75, 3.05) is 0 Å². The Balaban J connectivity index is 4.75. The van der Waals surface area contributed by atoms with Gasteiger partial charge in [-0.25, -0.2) is 0 Å².